The molecule has 1 unspecified atom stereocenters. The van der Waals surface area contributed by atoms with Crippen molar-refractivity contribution >= 4 is 17.9 Å². The van der Waals surface area contributed by atoms with Gasteiger partial charge < -0.3 is 14.2 Å². The van der Waals surface area contributed by atoms with Crippen molar-refractivity contribution in [3.8, 4) is 0 Å². The van der Waals surface area contributed by atoms with Gasteiger partial charge >= 0.3 is 17.9 Å². The van der Waals surface area contributed by atoms with Crippen molar-refractivity contribution in [2.75, 3.05) is 13.2 Å². The fraction of sp³-hybridized carbons (Fsp3) is 0.635. The highest BCUT2D eigenvalue weighted by molar-refractivity contribution is 5.71. The van der Waals surface area contributed by atoms with Gasteiger partial charge in [-0.25, -0.2) is 0 Å². The van der Waals surface area contributed by atoms with E-state index >= 15 is 0 Å². The highest BCUT2D eigenvalue weighted by Gasteiger charge is 2.19. The molecule has 0 saturated carbocycles. The first-order valence-electron chi connectivity index (χ1n) is 32.8. The maximum atomic E-state index is 12.9. The molecular weight excluding hydrogens is 985 g/mol. The Morgan fingerprint density at radius 3 is 0.775 bits per heavy atom. The van der Waals surface area contributed by atoms with E-state index in [1.807, 2.05) is 0 Å². The topological polar surface area (TPSA) is 78.9 Å². The second kappa shape index (κ2) is 66.8. The third kappa shape index (κ3) is 64.1. The van der Waals surface area contributed by atoms with Crippen LogP contribution in [0.4, 0.5) is 0 Å². The molecule has 0 aromatic rings. The summed E-state index contributed by atoms with van der Waals surface area (Å²) in [4.78, 5) is 38.3. The average Bonchev–Trinajstić information content (AvgIpc) is 3.46. The number of carbonyl (C=O) groups is 3. The van der Waals surface area contributed by atoms with Crippen molar-refractivity contribution < 1.29 is 28.6 Å². The van der Waals surface area contributed by atoms with E-state index in [0.717, 1.165) is 161 Å². The molecule has 0 aromatic heterocycles. The van der Waals surface area contributed by atoms with E-state index in [2.05, 4.69) is 167 Å². The number of hydrogen-bond acceptors (Lipinski definition) is 6. The lowest BCUT2D eigenvalue weighted by molar-refractivity contribution is -0.167. The van der Waals surface area contributed by atoms with Crippen molar-refractivity contribution in [3.63, 3.8) is 0 Å². The lowest BCUT2D eigenvalue weighted by Crippen LogP contribution is -2.30. The number of hydrogen-bond donors (Lipinski definition) is 0. The smallest absolute Gasteiger partial charge is 0.306 e. The molecule has 0 fully saturated rings. The third-order valence-corrected chi connectivity index (χ3v) is 13.6. The zero-order valence-corrected chi connectivity index (χ0v) is 51.8. The number of ether oxygens (including phenoxy) is 3. The van der Waals surface area contributed by atoms with E-state index in [-0.39, 0.29) is 31.1 Å². The minimum absolute atomic E-state index is 0.0938. The molecule has 0 N–H and O–H groups in total. The molecule has 6 nitrogen and oxygen atoms in total. The Labute approximate surface area is 493 Å². The van der Waals surface area contributed by atoms with Crippen LogP contribution in [0.15, 0.2) is 146 Å². The molecule has 0 aliphatic rings. The molecule has 6 heteroatoms. The lowest BCUT2D eigenvalue weighted by Gasteiger charge is -2.18. The Morgan fingerprint density at radius 1 is 0.263 bits per heavy atom. The minimum Gasteiger partial charge on any atom is -0.462 e. The maximum Gasteiger partial charge on any atom is 0.306 e. The predicted octanol–water partition coefficient (Wildman–Crippen LogP) is 22.7. The fourth-order valence-corrected chi connectivity index (χ4v) is 8.70. The summed E-state index contributed by atoms with van der Waals surface area (Å²) in [5, 5.41) is 0. The third-order valence-electron chi connectivity index (χ3n) is 13.6. The number of rotatable bonds is 58. The van der Waals surface area contributed by atoms with Crippen molar-refractivity contribution in [1.82, 2.24) is 0 Å². The van der Waals surface area contributed by atoms with Gasteiger partial charge in [-0.15, -0.1) is 0 Å². The van der Waals surface area contributed by atoms with Gasteiger partial charge in [0, 0.05) is 19.3 Å². The highest BCUT2D eigenvalue weighted by Crippen LogP contribution is 2.15. The molecule has 0 radical (unpaired) electrons. The Bertz CT molecular complexity index is 1750. The largest absolute Gasteiger partial charge is 0.462 e. The summed E-state index contributed by atoms with van der Waals surface area (Å²) in [7, 11) is 0. The van der Waals surface area contributed by atoms with Gasteiger partial charge in [0.2, 0.25) is 0 Å². The van der Waals surface area contributed by atoms with Gasteiger partial charge in [-0.2, -0.15) is 0 Å². The van der Waals surface area contributed by atoms with E-state index < -0.39 is 6.10 Å². The van der Waals surface area contributed by atoms with Crippen molar-refractivity contribution in [2.45, 2.75) is 290 Å². The molecule has 80 heavy (non-hydrogen) atoms. The fourth-order valence-electron chi connectivity index (χ4n) is 8.70. The molecule has 0 bridgehead atoms. The van der Waals surface area contributed by atoms with Crippen LogP contribution in [0.3, 0.4) is 0 Å². The van der Waals surface area contributed by atoms with Crippen LogP contribution in [0.25, 0.3) is 0 Å². The van der Waals surface area contributed by atoms with E-state index in [9.17, 15) is 14.4 Å². The molecule has 0 rings (SSSR count). The van der Waals surface area contributed by atoms with Gasteiger partial charge in [0.15, 0.2) is 6.10 Å². The zero-order chi connectivity index (χ0) is 57.8. The summed E-state index contributed by atoms with van der Waals surface area (Å²) in [6, 6.07) is 0. The first kappa shape index (κ1) is 75.3. The van der Waals surface area contributed by atoms with Crippen LogP contribution in [-0.2, 0) is 28.6 Å². The van der Waals surface area contributed by atoms with Gasteiger partial charge in [0.25, 0.3) is 0 Å². The molecule has 0 heterocycles. The molecule has 0 saturated heterocycles. The summed E-state index contributed by atoms with van der Waals surface area (Å²) in [6.07, 6.45) is 95.6. The van der Waals surface area contributed by atoms with Crippen molar-refractivity contribution in [1.29, 1.82) is 0 Å². The summed E-state index contributed by atoms with van der Waals surface area (Å²) in [5.74, 6) is -0.921. The lowest BCUT2D eigenvalue weighted by atomic mass is 10.1. The molecule has 0 spiro atoms. The average molecular weight is 1110 g/mol. The standard InChI is InChI=1S/C74H120O6/c1-4-7-10-13-16-19-22-25-27-29-31-33-35-36-37-38-40-41-43-45-47-49-52-55-58-61-64-67-73(76)79-70-71(69-78-72(75)66-63-60-57-54-51-24-21-18-15-12-9-6-3)80-74(77)68-65-62-59-56-53-50-48-46-44-42-39-34-32-30-28-26-23-20-17-14-11-8-5-2/h7-8,10-11,16-21,25-28,31-34,36-37,40-42,44,71H,4-6,9,12-15,22-24,29-30,35,38-39,43,45-70H2,1-3H3/b10-7-,11-8-,19-16-,20-17-,21-18-,27-25-,28-26-,33-31-,34-32-,37-36-,41-40-,44-42-. The summed E-state index contributed by atoms with van der Waals surface area (Å²) < 4.78 is 16.9. The Hall–Kier alpha value is -4.71. The predicted molar refractivity (Wildman–Crippen MR) is 348 cm³/mol. The van der Waals surface area contributed by atoms with Crippen LogP contribution in [0.1, 0.15) is 284 Å². The van der Waals surface area contributed by atoms with Crippen molar-refractivity contribution in [3.05, 3.63) is 146 Å². The Kier molecular flexibility index (Phi) is 62.9. The first-order chi connectivity index (χ1) is 39.5. The van der Waals surface area contributed by atoms with Gasteiger partial charge in [-0.05, 0) is 141 Å². The highest BCUT2D eigenvalue weighted by atomic mass is 16.6. The number of carbonyl (C=O) groups excluding carboxylic acids is 3. The van der Waals surface area contributed by atoms with Gasteiger partial charge in [-0.3, -0.25) is 14.4 Å². The van der Waals surface area contributed by atoms with Gasteiger partial charge in [0.1, 0.15) is 13.2 Å². The Balaban J connectivity index is 4.37. The van der Waals surface area contributed by atoms with Gasteiger partial charge in [-0.1, -0.05) is 269 Å². The summed E-state index contributed by atoms with van der Waals surface area (Å²) in [6.45, 7) is 6.37. The van der Waals surface area contributed by atoms with E-state index in [1.165, 1.54) is 83.5 Å². The quantitative estimate of drug-likeness (QED) is 0.0261. The minimum atomic E-state index is -0.798. The zero-order valence-electron chi connectivity index (χ0n) is 51.8. The second-order valence-corrected chi connectivity index (χ2v) is 21.3. The monoisotopic (exact) mass is 1100 g/mol. The molecule has 1 atom stereocenters. The summed E-state index contributed by atoms with van der Waals surface area (Å²) >= 11 is 0. The number of unbranched alkanes of at least 4 members (excludes halogenated alkanes) is 23. The van der Waals surface area contributed by atoms with Gasteiger partial charge in [0.05, 0.1) is 0 Å². The van der Waals surface area contributed by atoms with Crippen LogP contribution in [0, 0.1) is 0 Å². The first-order valence-corrected chi connectivity index (χ1v) is 32.8. The normalized spacial score (nSPS) is 13.1. The Morgan fingerprint density at radius 2 is 0.487 bits per heavy atom. The molecule has 0 aliphatic carbocycles. The van der Waals surface area contributed by atoms with E-state index in [0.29, 0.717) is 19.3 Å². The number of esters is 3. The second-order valence-electron chi connectivity index (χ2n) is 21.3. The maximum absolute atomic E-state index is 12.9. The van der Waals surface area contributed by atoms with Crippen LogP contribution >= 0.6 is 0 Å². The molecule has 0 amide bonds. The van der Waals surface area contributed by atoms with Crippen LogP contribution in [-0.4, -0.2) is 37.2 Å². The van der Waals surface area contributed by atoms with E-state index in [1.54, 1.807) is 0 Å². The summed E-state index contributed by atoms with van der Waals surface area (Å²) in [5.41, 5.74) is 0. The molecule has 452 valence electrons. The molecule has 0 aromatic carbocycles. The van der Waals surface area contributed by atoms with Crippen LogP contribution in [0.5, 0.6) is 0 Å². The van der Waals surface area contributed by atoms with Crippen LogP contribution < -0.4 is 0 Å². The van der Waals surface area contributed by atoms with Crippen molar-refractivity contribution in [2.24, 2.45) is 0 Å². The molecular formula is C74H120O6. The van der Waals surface area contributed by atoms with E-state index in [4.69, 9.17) is 14.2 Å². The molecule has 0 aliphatic heterocycles. The SMILES string of the molecule is CC/C=C\C/C=C\C/C=C\C/C=C\C/C=C\C/C=C\CCCCCCCCCCC(=O)OCC(COC(=O)CCCCCCC/C=C\CCCCC)OC(=O)CCCCCCCCC/C=C\C/C=C\C/C=C\C/C=C\C/C=C\CC. The number of allylic oxidation sites excluding steroid dienone is 24. The van der Waals surface area contributed by atoms with Crippen LogP contribution in [0.2, 0.25) is 0 Å².